The summed E-state index contributed by atoms with van der Waals surface area (Å²) in [6, 6.07) is 18.7. The molecule has 4 aliphatic rings. The number of nitrogens with zero attached hydrogens (tertiary/aromatic N) is 8. The van der Waals surface area contributed by atoms with Gasteiger partial charge in [0.05, 0.1) is 45.7 Å². The Kier molecular flexibility index (Phi) is 13.1. The zero-order valence-electron chi connectivity index (χ0n) is 37.8. The molecule has 0 radical (unpaired) electrons. The summed E-state index contributed by atoms with van der Waals surface area (Å²) in [5, 5.41) is 40.8. The molecule has 65 heavy (non-hydrogen) atoms. The summed E-state index contributed by atoms with van der Waals surface area (Å²) in [4.78, 5) is 42.5. The number of amides is 2. The number of ether oxygens (including phenoxy) is 1. The van der Waals surface area contributed by atoms with E-state index in [-0.39, 0.29) is 42.5 Å². The van der Waals surface area contributed by atoms with Gasteiger partial charge in [0.1, 0.15) is 24.3 Å². The van der Waals surface area contributed by atoms with Crippen LogP contribution in [0.5, 0.6) is 11.6 Å². The number of anilines is 2. The SMILES string of the molecule is Cc1ncsc1-c1ccc([C@H](C)NC(=O)[C@@H]2C[C@@H](O)CN2C(=O)[C@@H](c2cc(OCCN3CC[C@@H](N4CCN5c6cc(-c7ccccc7O)nnc6NC[C@@H]5C4)[C@@H](C)C3)no2)C(C)C)cc1. The molecule has 9 rings (SSSR count). The maximum absolute atomic E-state index is 14.2. The summed E-state index contributed by atoms with van der Waals surface area (Å²) >= 11 is 1.59. The van der Waals surface area contributed by atoms with Crippen LogP contribution in [0, 0.1) is 18.8 Å². The van der Waals surface area contributed by atoms with Gasteiger partial charge < -0.3 is 39.9 Å². The Morgan fingerprint density at radius 3 is 2.60 bits per heavy atom. The van der Waals surface area contributed by atoms with Gasteiger partial charge >= 0.3 is 0 Å². The number of benzene rings is 2. The molecule has 7 atom stereocenters. The lowest BCUT2D eigenvalue weighted by atomic mass is 9.91. The molecule has 2 aromatic carbocycles. The van der Waals surface area contributed by atoms with E-state index in [1.165, 1.54) is 4.90 Å². The molecule has 17 heteroatoms. The summed E-state index contributed by atoms with van der Waals surface area (Å²) in [5.74, 6) is 0.678. The van der Waals surface area contributed by atoms with Gasteiger partial charge in [0.2, 0.25) is 11.8 Å². The molecule has 0 saturated carbocycles. The van der Waals surface area contributed by atoms with Crippen LogP contribution in [-0.2, 0) is 9.59 Å². The minimum atomic E-state index is -0.821. The Morgan fingerprint density at radius 1 is 1.03 bits per heavy atom. The number of aliphatic hydroxyl groups excluding tert-OH is 1. The van der Waals surface area contributed by atoms with E-state index < -0.39 is 18.1 Å². The van der Waals surface area contributed by atoms with Crippen LogP contribution in [0.3, 0.4) is 0 Å². The molecule has 5 aromatic rings. The Bertz CT molecular complexity index is 2460. The van der Waals surface area contributed by atoms with Crippen molar-refractivity contribution in [2.75, 3.05) is 69.2 Å². The third kappa shape index (κ3) is 9.42. The van der Waals surface area contributed by atoms with Gasteiger partial charge in [0.25, 0.3) is 5.88 Å². The molecule has 0 bridgehead atoms. The number of likely N-dealkylation sites (tertiary alicyclic amines) is 2. The number of carbonyl (C=O) groups excluding carboxylic acids is 2. The van der Waals surface area contributed by atoms with Crippen LogP contribution in [0.25, 0.3) is 21.7 Å². The van der Waals surface area contributed by atoms with Crippen molar-refractivity contribution < 1.29 is 29.1 Å². The van der Waals surface area contributed by atoms with E-state index in [4.69, 9.17) is 9.26 Å². The summed E-state index contributed by atoms with van der Waals surface area (Å²) in [6.45, 7) is 16.9. The van der Waals surface area contributed by atoms with E-state index in [2.05, 4.69) is 52.6 Å². The number of rotatable bonds is 13. The van der Waals surface area contributed by atoms with E-state index in [1.54, 1.807) is 29.5 Å². The number of piperazine rings is 1. The lowest BCUT2D eigenvalue weighted by Crippen LogP contribution is -2.62. The number of hydrogen-bond donors (Lipinski definition) is 4. The number of carbonyl (C=O) groups is 2. The average Bonchev–Trinajstić information content (AvgIpc) is 4.06. The standard InChI is InChI=1S/C48H60N10O6S/c1-28(2)44(48(62)58-26-35(59)20-40(58)47(61)51-30(4)32-10-12-33(13-11-32)45-31(5)50-27-65-45)42-22-43(54-64-42)63-19-18-55-15-14-38(29(3)24-55)56-16-17-57-34(25-56)23-49-46-39(57)21-37(52-53-46)36-8-6-7-9-41(36)60/h6-13,21-22,27-30,34-35,38,40,44,59-60H,14-20,23-26H2,1-5H3,(H,49,53)(H,51,61)/t29-,30-,34+,35+,38+,40-,44+/m0/s1. The van der Waals surface area contributed by atoms with Crippen LogP contribution in [0.1, 0.15) is 69.5 Å². The highest BCUT2D eigenvalue weighted by molar-refractivity contribution is 7.13. The monoisotopic (exact) mass is 904 g/mol. The van der Waals surface area contributed by atoms with Gasteiger partial charge in [-0.3, -0.25) is 19.4 Å². The van der Waals surface area contributed by atoms with Gasteiger partial charge in [-0.1, -0.05) is 57.2 Å². The number of hydrogen-bond acceptors (Lipinski definition) is 15. The first-order chi connectivity index (χ1) is 31.4. The van der Waals surface area contributed by atoms with Crippen molar-refractivity contribution >= 4 is 34.7 Å². The van der Waals surface area contributed by atoms with Crippen molar-refractivity contribution in [3.8, 4) is 33.3 Å². The van der Waals surface area contributed by atoms with Gasteiger partial charge in [0, 0.05) is 69.9 Å². The third-order valence-corrected chi connectivity index (χ3v) is 14.7. The summed E-state index contributed by atoms with van der Waals surface area (Å²) in [6.07, 6.45) is 0.404. The predicted molar refractivity (Wildman–Crippen MR) is 249 cm³/mol. The zero-order valence-corrected chi connectivity index (χ0v) is 38.6. The number of thiazole rings is 1. The quantitative estimate of drug-likeness (QED) is 0.115. The number of piperidine rings is 1. The third-order valence-electron chi connectivity index (χ3n) is 13.7. The molecule has 0 unspecified atom stereocenters. The maximum atomic E-state index is 14.2. The Morgan fingerprint density at radius 2 is 1.85 bits per heavy atom. The second-order valence-corrected chi connectivity index (χ2v) is 19.3. The van der Waals surface area contributed by atoms with Crippen molar-refractivity contribution in [1.82, 2.24) is 40.4 Å². The predicted octanol–water partition coefficient (Wildman–Crippen LogP) is 5.55. The number of aliphatic hydroxyl groups is 1. The summed E-state index contributed by atoms with van der Waals surface area (Å²) in [5.41, 5.74) is 7.20. The van der Waals surface area contributed by atoms with Gasteiger partial charge in [-0.2, -0.15) is 0 Å². The van der Waals surface area contributed by atoms with Gasteiger partial charge in [-0.25, -0.2) is 4.98 Å². The molecule has 3 fully saturated rings. The Hall–Kier alpha value is -5.62. The van der Waals surface area contributed by atoms with Crippen LogP contribution in [0.2, 0.25) is 0 Å². The molecule has 0 spiro atoms. The number of phenols is 1. The lowest BCUT2D eigenvalue weighted by Gasteiger charge is -2.50. The van der Waals surface area contributed by atoms with Crippen molar-refractivity contribution in [1.29, 1.82) is 0 Å². The fourth-order valence-electron chi connectivity index (χ4n) is 10.3. The number of nitrogens with one attached hydrogen (secondary N) is 2. The molecule has 7 heterocycles. The Balaban J connectivity index is 0.753. The van der Waals surface area contributed by atoms with Crippen molar-refractivity contribution in [2.45, 2.75) is 83.6 Å². The van der Waals surface area contributed by atoms with Crippen LogP contribution >= 0.6 is 11.3 Å². The highest BCUT2D eigenvalue weighted by atomic mass is 32.1. The van der Waals surface area contributed by atoms with Gasteiger partial charge in [-0.05, 0) is 73.1 Å². The number of β-amino-alcohol motifs (C(OH)–C–C–N with tert-alkyl or cyclic N) is 1. The minimum absolute atomic E-state index is 0.0604. The smallest absolute Gasteiger partial charge is 0.254 e. The van der Waals surface area contributed by atoms with E-state index >= 15 is 0 Å². The van der Waals surface area contributed by atoms with Crippen molar-refractivity contribution in [3.05, 3.63) is 83.2 Å². The second kappa shape index (κ2) is 19.1. The molecule has 4 N–H and O–H groups in total. The molecule has 3 saturated heterocycles. The van der Waals surface area contributed by atoms with E-state index in [0.29, 0.717) is 47.5 Å². The van der Waals surface area contributed by atoms with Crippen LogP contribution in [-0.4, -0.2) is 140 Å². The van der Waals surface area contributed by atoms with E-state index in [1.807, 2.05) is 75.7 Å². The van der Waals surface area contributed by atoms with Crippen molar-refractivity contribution in [3.63, 3.8) is 0 Å². The zero-order chi connectivity index (χ0) is 45.4. The van der Waals surface area contributed by atoms with Crippen LogP contribution < -0.4 is 20.3 Å². The van der Waals surface area contributed by atoms with E-state index in [9.17, 15) is 19.8 Å². The number of aromatic nitrogens is 4. The number of para-hydroxylation sites is 1. The first-order valence-corrected chi connectivity index (χ1v) is 23.8. The molecule has 0 aliphatic carbocycles. The topological polar surface area (TPSA) is 186 Å². The molecular weight excluding hydrogens is 845 g/mol. The van der Waals surface area contributed by atoms with Gasteiger partial charge in [0.15, 0.2) is 11.6 Å². The van der Waals surface area contributed by atoms with Crippen LogP contribution in [0.15, 0.2) is 70.7 Å². The summed E-state index contributed by atoms with van der Waals surface area (Å²) in [7, 11) is 0. The molecule has 4 aliphatic heterocycles. The second-order valence-electron chi connectivity index (χ2n) is 18.5. The molecule has 2 amide bonds. The number of fused-ring (bicyclic) bond motifs is 3. The molecule has 3 aromatic heterocycles. The number of aryl methyl sites for hydroxylation is 1. The fourth-order valence-corrected chi connectivity index (χ4v) is 11.1. The van der Waals surface area contributed by atoms with Crippen LogP contribution in [0.4, 0.5) is 11.5 Å². The first-order valence-electron chi connectivity index (χ1n) is 22.9. The lowest BCUT2D eigenvalue weighted by molar-refractivity contribution is -0.141. The summed E-state index contributed by atoms with van der Waals surface area (Å²) < 4.78 is 11.9. The Labute approximate surface area is 384 Å². The normalized spacial score (nSPS) is 23.4. The average molecular weight is 905 g/mol. The van der Waals surface area contributed by atoms with E-state index in [0.717, 1.165) is 85.4 Å². The largest absolute Gasteiger partial charge is 0.507 e. The maximum Gasteiger partial charge on any atom is 0.254 e. The minimum Gasteiger partial charge on any atom is -0.507 e. The van der Waals surface area contributed by atoms with Gasteiger partial charge in [-0.15, -0.1) is 21.5 Å². The molecule has 344 valence electrons. The van der Waals surface area contributed by atoms with Crippen molar-refractivity contribution in [2.24, 2.45) is 11.8 Å². The fraction of sp³-hybridized carbons (Fsp3) is 0.500. The highest BCUT2D eigenvalue weighted by Crippen LogP contribution is 2.38. The number of phenolic OH excluding ortho intramolecular Hbond substituents is 1. The molecule has 16 nitrogen and oxygen atoms in total. The first kappa shape index (κ1) is 44.6. The number of aromatic hydroxyl groups is 1. The highest BCUT2D eigenvalue weighted by Gasteiger charge is 2.44. The molecular formula is C48H60N10O6S.